The number of fused-ring (bicyclic) bond motifs is 1. The topological polar surface area (TPSA) is 40.5 Å². The Kier molecular flexibility index (Phi) is 4.36. The molecule has 0 aliphatic heterocycles. The second-order valence-electron chi connectivity index (χ2n) is 4.03. The number of hydrogen-bond donors (Lipinski definition) is 0. The van der Waals surface area contributed by atoms with E-state index in [0.29, 0.717) is 26.2 Å². The Bertz CT molecular complexity index is 518. The Morgan fingerprint density at radius 2 is 2.06 bits per heavy atom. The monoisotopic (exact) mass is 247 g/mol. The SMILES string of the molecule is COCCOC(=O)CCn1ccc2ccccc21. The number of nitrogens with zero attached hydrogens (tertiary/aromatic N) is 1. The van der Waals surface area contributed by atoms with Crippen LogP contribution in [0.3, 0.4) is 0 Å². The predicted octanol–water partition coefficient (Wildman–Crippen LogP) is 2.22. The number of carbonyl (C=O) groups excluding carboxylic acids is 1. The van der Waals surface area contributed by atoms with E-state index in [0.717, 1.165) is 5.52 Å². The van der Waals surface area contributed by atoms with Crippen molar-refractivity contribution in [3.63, 3.8) is 0 Å². The second-order valence-corrected chi connectivity index (χ2v) is 4.03. The first-order valence-electron chi connectivity index (χ1n) is 5.99. The fourth-order valence-corrected chi connectivity index (χ4v) is 1.86. The standard InChI is InChI=1S/C14H17NO3/c1-17-10-11-18-14(16)7-9-15-8-6-12-4-2-3-5-13(12)15/h2-6,8H,7,9-11H2,1H3. The molecule has 0 unspecified atom stereocenters. The summed E-state index contributed by atoms with van der Waals surface area (Å²) in [6.45, 7) is 1.40. The normalized spacial score (nSPS) is 10.7. The summed E-state index contributed by atoms with van der Waals surface area (Å²) in [6, 6.07) is 10.2. The van der Waals surface area contributed by atoms with Crippen molar-refractivity contribution in [1.82, 2.24) is 4.57 Å². The molecule has 0 bridgehead atoms. The first-order valence-corrected chi connectivity index (χ1v) is 5.99. The maximum Gasteiger partial charge on any atom is 0.307 e. The first-order chi connectivity index (χ1) is 8.81. The van der Waals surface area contributed by atoms with Crippen LogP contribution in [0.4, 0.5) is 0 Å². The van der Waals surface area contributed by atoms with E-state index in [1.54, 1.807) is 7.11 Å². The van der Waals surface area contributed by atoms with Gasteiger partial charge in [0, 0.05) is 25.4 Å². The molecule has 0 saturated heterocycles. The summed E-state index contributed by atoms with van der Waals surface area (Å²) in [5.74, 6) is -0.190. The summed E-state index contributed by atoms with van der Waals surface area (Å²) >= 11 is 0. The lowest BCUT2D eigenvalue weighted by molar-refractivity contribution is -0.145. The lowest BCUT2D eigenvalue weighted by Crippen LogP contribution is -2.12. The Morgan fingerprint density at radius 3 is 2.89 bits per heavy atom. The molecule has 1 aromatic heterocycles. The Morgan fingerprint density at radius 1 is 1.22 bits per heavy atom. The molecule has 0 atom stereocenters. The highest BCUT2D eigenvalue weighted by Gasteiger charge is 2.05. The third-order valence-corrected chi connectivity index (χ3v) is 2.79. The molecule has 0 spiro atoms. The molecule has 0 aliphatic carbocycles. The minimum Gasteiger partial charge on any atom is -0.463 e. The summed E-state index contributed by atoms with van der Waals surface area (Å²) < 4.78 is 11.9. The Hall–Kier alpha value is -1.81. The highest BCUT2D eigenvalue weighted by molar-refractivity contribution is 5.80. The average molecular weight is 247 g/mol. The quantitative estimate of drug-likeness (QED) is 0.580. The molecule has 4 heteroatoms. The highest BCUT2D eigenvalue weighted by Crippen LogP contribution is 2.15. The molecule has 1 aromatic carbocycles. The molecule has 2 rings (SSSR count). The lowest BCUT2D eigenvalue weighted by atomic mass is 10.2. The van der Waals surface area contributed by atoms with Crippen LogP contribution in [0.5, 0.6) is 0 Å². The minimum absolute atomic E-state index is 0.190. The number of rotatable bonds is 6. The largest absolute Gasteiger partial charge is 0.463 e. The molecule has 18 heavy (non-hydrogen) atoms. The van der Waals surface area contributed by atoms with Crippen molar-refractivity contribution in [3.8, 4) is 0 Å². The summed E-state index contributed by atoms with van der Waals surface area (Å²) in [7, 11) is 1.58. The van der Waals surface area contributed by atoms with Gasteiger partial charge in [0.25, 0.3) is 0 Å². The molecule has 2 aromatic rings. The van der Waals surface area contributed by atoms with Crippen LogP contribution in [-0.4, -0.2) is 30.9 Å². The van der Waals surface area contributed by atoms with E-state index in [-0.39, 0.29) is 5.97 Å². The summed E-state index contributed by atoms with van der Waals surface area (Å²) in [5, 5.41) is 1.19. The zero-order valence-corrected chi connectivity index (χ0v) is 10.5. The van der Waals surface area contributed by atoms with Gasteiger partial charge < -0.3 is 14.0 Å². The number of ether oxygens (including phenoxy) is 2. The van der Waals surface area contributed by atoms with Gasteiger partial charge in [0.1, 0.15) is 6.61 Å². The Balaban J connectivity index is 1.88. The van der Waals surface area contributed by atoms with E-state index in [4.69, 9.17) is 9.47 Å². The zero-order chi connectivity index (χ0) is 12.8. The van der Waals surface area contributed by atoms with Crippen LogP contribution < -0.4 is 0 Å². The Labute approximate surface area is 106 Å². The minimum atomic E-state index is -0.190. The number of carbonyl (C=O) groups is 1. The number of aryl methyl sites for hydroxylation is 1. The maximum absolute atomic E-state index is 11.5. The van der Waals surface area contributed by atoms with Gasteiger partial charge in [0.15, 0.2) is 0 Å². The van der Waals surface area contributed by atoms with E-state index in [2.05, 4.69) is 10.6 Å². The van der Waals surface area contributed by atoms with Gasteiger partial charge in [-0.25, -0.2) is 0 Å². The van der Waals surface area contributed by atoms with Gasteiger partial charge in [0.05, 0.1) is 13.0 Å². The third kappa shape index (κ3) is 3.11. The van der Waals surface area contributed by atoms with Crippen LogP contribution in [0.15, 0.2) is 36.5 Å². The van der Waals surface area contributed by atoms with Gasteiger partial charge >= 0.3 is 5.97 Å². The van der Waals surface area contributed by atoms with Crippen LogP contribution in [0.2, 0.25) is 0 Å². The van der Waals surface area contributed by atoms with Crippen LogP contribution in [-0.2, 0) is 20.8 Å². The maximum atomic E-state index is 11.5. The smallest absolute Gasteiger partial charge is 0.307 e. The van der Waals surface area contributed by atoms with Crippen molar-refractivity contribution in [1.29, 1.82) is 0 Å². The molecule has 0 radical (unpaired) electrons. The third-order valence-electron chi connectivity index (χ3n) is 2.79. The van der Waals surface area contributed by atoms with E-state index in [1.807, 2.05) is 30.5 Å². The van der Waals surface area contributed by atoms with Crippen LogP contribution in [0.1, 0.15) is 6.42 Å². The molecular formula is C14H17NO3. The second kappa shape index (κ2) is 6.21. The fraction of sp³-hybridized carbons (Fsp3) is 0.357. The average Bonchev–Trinajstić information content (AvgIpc) is 2.80. The number of aromatic nitrogens is 1. The van der Waals surface area contributed by atoms with Gasteiger partial charge in [-0.15, -0.1) is 0 Å². The van der Waals surface area contributed by atoms with Gasteiger partial charge in [0.2, 0.25) is 0 Å². The van der Waals surface area contributed by atoms with E-state index < -0.39 is 0 Å². The highest BCUT2D eigenvalue weighted by atomic mass is 16.6. The van der Waals surface area contributed by atoms with Crippen LogP contribution in [0, 0.1) is 0 Å². The molecule has 0 fully saturated rings. The molecule has 96 valence electrons. The number of hydrogen-bond acceptors (Lipinski definition) is 3. The van der Waals surface area contributed by atoms with E-state index in [1.165, 1.54) is 5.39 Å². The molecule has 0 N–H and O–H groups in total. The summed E-state index contributed by atoms with van der Waals surface area (Å²) in [4.78, 5) is 11.5. The van der Waals surface area contributed by atoms with Crippen molar-refractivity contribution in [2.24, 2.45) is 0 Å². The number of methoxy groups -OCH3 is 1. The lowest BCUT2D eigenvalue weighted by Gasteiger charge is -2.06. The van der Waals surface area contributed by atoms with Crippen molar-refractivity contribution in [3.05, 3.63) is 36.5 Å². The number of para-hydroxylation sites is 1. The van der Waals surface area contributed by atoms with E-state index >= 15 is 0 Å². The van der Waals surface area contributed by atoms with Crippen molar-refractivity contribution in [2.45, 2.75) is 13.0 Å². The zero-order valence-electron chi connectivity index (χ0n) is 10.5. The van der Waals surface area contributed by atoms with Crippen LogP contribution >= 0.6 is 0 Å². The summed E-state index contributed by atoms with van der Waals surface area (Å²) in [6.07, 6.45) is 2.37. The molecule has 4 nitrogen and oxygen atoms in total. The van der Waals surface area contributed by atoms with Gasteiger partial charge in [-0.2, -0.15) is 0 Å². The molecule has 0 saturated carbocycles. The molecule has 0 aliphatic rings. The van der Waals surface area contributed by atoms with Crippen molar-refractivity contribution >= 4 is 16.9 Å². The van der Waals surface area contributed by atoms with Crippen molar-refractivity contribution in [2.75, 3.05) is 20.3 Å². The van der Waals surface area contributed by atoms with Crippen molar-refractivity contribution < 1.29 is 14.3 Å². The molecule has 0 amide bonds. The molecular weight excluding hydrogens is 230 g/mol. The van der Waals surface area contributed by atoms with E-state index in [9.17, 15) is 4.79 Å². The first kappa shape index (κ1) is 12.6. The molecule has 1 heterocycles. The van der Waals surface area contributed by atoms with Gasteiger partial charge in [-0.05, 0) is 17.5 Å². The van der Waals surface area contributed by atoms with Gasteiger partial charge in [-0.1, -0.05) is 18.2 Å². The fourth-order valence-electron chi connectivity index (χ4n) is 1.86. The van der Waals surface area contributed by atoms with Crippen LogP contribution in [0.25, 0.3) is 10.9 Å². The van der Waals surface area contributed by atoms with Gasteiger partial charge in [-0.3, -0.25) is 4.79 Å². The summed E-state index contributed by atoms with van der Waals surface area (Å²) in [5.41, 5.74) is 1.14. The number of esters is 1. The number of benzene rings is 1. The predicted molar refractivity (Wildman–Crippen MR) is 69.4 cm³/mol.